The first-order chi connectivity index (χ1) is 15.0. The predicted octanol–water partition coefficient (Wildman–Crippen LogP) is 4.55. The minimum absolute atomic E-state index is 0.0639. The van der Waals surface area contributed by atoms with Crippen LogP contribution in [0.2, 0.25) is 0 Å². The molecule has 3 rings (SSSR count). The molecule has 0 saturated heterocycles. The number of hydrogen-bond donors (Lipinski definition) is 1. The third kappa shape index (κ3) is 6.58. The minimum Gasteiger partial charge on any atom is -0.484 e. The fraction of sp³-hybridized carbons (Fsp3) is 0.462. The van der Waals surface area contributed by atoms with Gasteiger partial charge >= 0.3 is 0 Å². The van der Waals surface area contributed by atoms with Crippen LogP contribution in [0.25, 0.3) is 0 Å². The van der Waals surface area contributed by atoms with Gasteiger partial charge in [-0.05, 0) is 56.4 Å². The molecule has 2 amide bonds. The molecule has 0 aromatic heterocycles. The van der Waals surface area contributed by atoms with Crippen molar-refractivity contribution in [2.75, 3.05) is 6.61 Å². The van der Waals surface area contributed by atoms with Gasteiger partial charge in [0, 0.05) is 12.6 Å². The predicted molar refractivity (Wildman–Crippen MR) is 123 cm³/mol. The second kappa shape index (κ2) is 11.0. The van der Waals surface area contributed by atoms with E-state index in [1.54, 1.807) is 4.90 Å². The number of carbonyl (C=O) groups excluding carboxylic acids is 2. The van der Waals surface area contributed by atoms with E-state index >= 15 is 0 Å². The number of rotatable bonds is 9. The van der Waals surface area contributed by atoms with Crippen molar-refractivity contribution in [3.05, 3.63) is 65.2 Å². The van der Waals surface area contributed by atoms with Crippen molar-refractivity contribution in [1.82, 2.24) is 10.2 Å². The Labute approximate surface area is 185 Å². The Bertz CT molecular complexity index is 890. The Morgan fingerprint density at radius 1 is 1.06 bits per heavy atom. The van der Waals surface area contributed by atoms with E-state index in [0.717, 1.165) is 42.4 Å². The van der Waals surface area contributed by atoms with Crippen LogP contribution in [0.5, 0.6) is 5.75 Å². The standard InChI is InChI=1S/C26H34N2O3/c1-4-24(26(30)27-22-12-5-6-13-22)28(17-21-11-7-9-19(2)15-21)25(29)18-31-23-14-8-10-20(3)16-23/h7-11,14-16,22,24H,4-6,12-13,17-18H2,1-3H3,(H,27,30). The topological polar surface area (TPSA) is 58.6 Å². The Kier molecular flexibility index (Phi) is 8.10. The molecule has 5 heteroatoms. The number of hydrogen-bond acceptors (Lipinski definition) is 3. The second-order valence-electron chi connectivity index (χ2n) is 8.53. The number of nitrogens with zero attached hydrogens (tertiary/aromatic N) is 1. The van der Waals surface area contributed by atoms with Crippen molar-refractivity contribution >= 4 is 11.8 Å². The average molecular weight is 423 g/mol. The second-order valence-corrected chi connectivity index (χ2v) is 8.53. The van der Waals surface area contributed by atoms with Crippen LogP contribution in [0.4, 0.5) is 0 Å². The van der Waals surface area contributed by atoms with E-state index < -0.39 is 6.04 Å². The van der Waals surface area contributed by atoms with Crippen LogP contribution in [0.1, 0.15) is 55.7 Å². The first-order valence-corrected chi connectivity index (χ1v) is 11.3. The summed E-state index contributed by atoms with van der Waals surface area (Å²) in [5, 5.41) is 3.17. The van der Waals surface area contributed by atoms with E-state index in [-0.39, 0.29) is 24.5 Å². The van der Waals surface area contributed by atoms with Crippen molar-refractivity contribution in [2.24, 2.45) is 0 Å². The van der Waals surface area contributed by atoms with Gasteiger partial charge in [-0.1, -0.05) is 61.7 Å². The van der Waals surface area contributed by atoms with Gasteiger partial charge in [0.2, 0.25) is 5.91 Å². The summed E-state index contributed by atoms with van der Waals surface area (Å²) in [5.74, 6) is 0.412. The summed E-state index contributed by atoms with van der Waals surface area (Å²) in [6.07, 6.45) is 4.89. The number of aryl methyl sites for hydroxylation is 2. The molecule has 2 aromatic rings. The molecule has 0 bridgehead atoms. The quantitative estimate of drug-likeness (QED) is 0.645. The van der Waals surface area contributed by atoms with Crippen molar-refractivity contribution in [3.8, 4) is 5.75 Å². The van der Waals surface area contributed by atoms with Gasteiger partial charge in [0.05, 0.1) is 0 Å². The van der Waals surface area contributed by atoms with Gasteiger partial charge < -0.3 is 15.0 Å². The van der Waals surface area contributed by atoms with Gasteiger partial charge in [-0.15, -0.1) is 0 Å². The SMILES string of the molecule is CCC(C(=O)NC1CCCC1)N(Cc1cccc(C)c1)C(=O)COc1cccc(C)c1. The lowest BCUT2D eigenvalue weighted by Crippen LogP contribution is -2.52. The molecule has 1 aliphatic carbocycles. The molecule has 1 N–H and O–H groups in total. The van der Waals surface area contributed by atoms with Gasteiger partial charge in [0.1, 0.15) is 11.8 Å². The van der Waals surface area contributed by atoms with Crippen molar-refractivity contribution in [2.45, 2.75) is 71.5 Å². The van der Waals surface area contributed by atoms with Gasteiger partial charge in [0.15, 0.2) is 6.61 Å². The van der Waals surface area contributed by atoms with Crippen molar-refractivity contribution < 1.29 is 14.3 Å². The molecule has 1 aliphatic rings. The van der Waals surface area contributed by atoms with Crippen LogP contribution in [-0.4, -0.2) is 35.4 Å². The summed E-state index contributed by atoms with van der Waals surface area (Å²) in [6.45, 7) is 6.26. The fourth-order valence-corrected chi connectivity index (χ4v) is 4.23. The molecule has 1 unspecified atom stereocenters. The lowest BCUT2D eigenvalue weighted by molar-refractivity contribution is -0.143. The fourth-order valence-electron chi connectivity index (χ4n) is 4.23. The zero-order valence-electron chi connectivity index (χ0n) is 18.9. The van der Waals surface area contributed by atoms with Gasteiger partial charge in [-0.2, -0.15) is 0 Å². The lowest BCUT2D eigenvalue weighted by atomic mass is 10.1. The zero-order chi connectivity index (χ0) is 22.2. The summed E-state index contributed by atoms with van der Waals surface area (Å²) in [4.78, 5) is 28.0. The molecular weight excluding hydrogens is 388 g/mol. The molecule has 0 heterocycles. The number of amides is 2. The van der Waals surface area contributed by atoms with E-state index in [1.165, 1.54) is 0 Å². The lowest BCUT2D eigenvalue weighted by Gasteiger charge is -2.31. The molecule has 2 aromatic carbocycles. The molecule has 1 saturated carbocycles. The van der Waals surface area contributed by atoms with E-state index in [4.69, 9.17) is 4.74 Å². The van der Waals surface area contributed by atoms with Gasteiger partial charge in [-0.25, -0.2) is 0 Å². The largest absolute Gasteiger partial charge is 0.484 e. The van der Waals surface area contributed by atoms with E-state index in [9.17, 15) is 9.59 Å². The smallest absolute Gasteiger partial charge is 0.261 e. The van der Waals surface area contributed by atoms with Gasteiger partial charge in [0.25, 0.3) is 5.91 Å². The maximum Gasteiger partial charge on any atom is 0.261 e. The third-order valence-electron chi connectivity index (χ3n) is 5.87. The highest BCUT2D eigenvalue weighted by molar-refractivity contribution is 5.88. The Morgan fingerprint density at radius 3 is 2.39 bits per heavy atom. The first kappa shape index (κ1) is 22.9. The van der Waals surface area contributed by atoms with Crippen LogP contribution < -0.4 is 10.1 Å². The third-order valence-corrected chi connectivity index (χ3v) is 5.87. The normalized spacial score (nSPS) is 14.8. The van der Waals surface area contributed by atoms with E-state index in [2.05, 4.69) is 11.4 Å². The monoisotopic (exact) mass is 422 g/mol. The first-order valence-electron chi connectivity index (χ1n) is 11.3. The van der Waals surface area contributed by atoms with Crippen LogP contribution in [0.3, 0.4) is 0 Å². The number of nitrogens with one attached hydrogen (secondary N) is 1. The van der Waals surface area contributed by atoms with Crippen LogP contribution in [0, 0.1) is 13.8 Å². The Hall–Kier alpha value is -2.82. The molecule has 1 fully saturated rings. The van der Waals surface area contributed by atoms with Crippen LogP contribution in [-0.2, 0) is 16.1 Å². The molecule has 31 heavy (non-hydrogen) atoms. The van der Waals surface area contributed by atoms with Gasteiger partial charge in [-0.3, -0.25) is 9.59 Å². The highest BCUT2D eigenvalue weighted by Gasteiger charge is 2.30. The maximum absolute atomic E-state index is 13.3. The molecule has 166 valence electrons. The summed E-state index contributed by atoms with van der Waals surface area (Å²) >= 11 is 0. The van der Waals surface area contributed by atoms with Crippen LogP contribution in [0.15, 0.2) is 48.5 Å². The minimum atomic E-state index is -0.519. The van der Waals surface area contributed by atoms with E-state index in [0.29, 0.717) is 18.7 Å². The maximum atomic E-state index is 13.3. The molecule has 1 atom stereocenters. The van der Waals surface area contributed by atoms with Crippen molar-refractivity contribution in [3.63, 3.8) is 0 Å². The average Bonchev–Trinajstić information content (AvgIpc) is 3.25. The highest BCUT2D eigenvalue weighted by Crippen LogP contribution is 2.20. The highest BCUT2D eigenvalue weighted by atomic mass is 16.5. The molecular formula is C26H34N2O3. The molecule has 0 spiro atoms. The summed E-state index contributed by atoms with van der Waals surface area (Å²) in [5.41, 5.74) is 3.21. The number of ether oxygens (including phenoxy) is 1. The molecule has 5 nitrogen and oxygen atoms in total. The Morgan fingerprint density at radius 2 is 1.74 bits per heavy atom. The summed E-state index contributed by atoms with van der Waals surface area (Å²) in [7, 11) is 0. The summed E-state index contributed by atoms with van der Waals surface area (Å²) < 4.78 is 5.78. The molecule has 0 radical (unpaired) electrons. The number of benzene rings is 2. The number of carbonyl (C=O) groups is 2. The Balaban J connectivity index is 1.76. The van der Waals surface area contributed by atoms with E-state index in [1.807, 2.05) is 63.2 Å². The molecule has 0 aliphatic heterocycles. The van der Waals surface area contributed by atoms with Crippen molar-refractivity contribution in [1.29, 1.82) is 0 Å². The van der Waals surface area contributed by atoms with Crippen LogP contribution >= 0.6 is 0 Å². The summed E-state index contributed by atoms with van der Waals surface area (Å²) in [6, 6.07) is 15.4. The zero-order valence-corrected chi connectivity index (χ0v) is 18.9.